The van der Waals surface area contributed by atoms with Crippen LogP contribution in [0.5, 0.6) is 5.75 Å². The normalized spacial score (nSPS) is 11.9. The Morgan fingerprint density at radius 1 is 1.07 bits per heavy atom. The molecule has 158 valence electrons. The van der Waals surface area contributed by atoms with Crippen molar-refractivity contribution in [2.24, 2.45) is 0 Å². The van der Waals surface area contributed by atoms with Gasteiger partial charge in [-0.3, -0.25) is 0 Å². The molecule has 1 heterocycles. The number of hydrogen-bond acceptors (Lipinski definition) is 4. The minimum Gasteiger partial charge on any atom is -0.497 e. The second kappa shape index (κ2) is 8.53. The van der Waals surface area contributed by atoms with Crippen molar-refractivity contribution < 1.29 is 26.3 Å². The van der Waals surface area contributed by atoms with E-state index in [2.05, 4.69) is 4.98 Å². The zero-order valence-corrected chi connectivity index (χ0v) is 17.2. The van der Waals surface area contributed by atoms with E-state index in [9.17, 15) is 21.6 Å². The highest BCUT2D eigenvalue weighted by molar-refractivity contribution is 7.92. The van der Waals surface area contributed by atoms with E-state index in [4.69, 9.17) is 16.3 Å². The number of ether oxygens (including phenoxy) is 1. The Hall–Kier alpha value is -2.78. The van der Waals surface area contributed by atoms with Gasteiger partial charge in [-0.05, 0) is 35.9 Å². The molecule has 1 aromatic heterocycles. The summed E-state index contributed by atoms with van der Waals surface area (Å²) in [6.07, 6.45) is -4.11. The number of sulfonamides is 1. The number of benzene rings is 2. The van der Waals surface area contributed by atoms with Gasteiger partial charge in [-0.2, -0.15) is 13.2 Å². The Kier molecular flexibility index (Phi) is 6.23. The smallest absolute Gasteiger partial charge is 0.417 e. The summed E-state index contributed by atoms with van der Waals surface area (Å²) in [5.41, 5.74) is -0.540. The summed E-state index contributed by atoms with van der Waals surface area (Å²) in [5.74, 6) is 0.187. The maximum absolute atomic E-state index is 13.3. The largest absolute Gasteiger partial charge is 0.497 e. The van der Waals surface area contributed by atoms with Crippen LogP contribution in [0.4, 0.5) is 19.0 Å². The lowest BCUT2D eigenvalue weighted by Crippen LogP contribution is -2.31. The number of methoxy groups -OCH3 is 1. The molecule has 3 rings (SSSR count). The number of rotatable bonds is 6. The van der Waals surface area contributed by atoms with Crippen molar-refractivity contribution in [2.75, 3.05) is 11.4 Å². The number of pyridine rings is 1. The van der Waals surface area contributed by atoms with Crippen molar-refractivity contribution in [3.63, 3.8) is 0 Å². The topological polar surface area (TPSA) is 59.5 Å². The highest BCUT2D eigenvalue weighted by Crippen LogP contribution is 2.36. The van der Waals surface area contributed by atoms with Gasteiger partial charge >= 0.3 is 6.18 Å². The maximum Gasteiger partial charge on any atom is 0.417 e. The van der Waals surface area contributed by atoms with Crippen LogP contribution in [-0.4, -0.2) is 20.5 Å². The van der Waals surface area contributed by atoms with E-state index >= 15 is 0 Å². The zero-order chi connectivity index (χ0) is 21.9. The van der Waals surface area contributed by atoms with Crippen molar-refractivity contribution in [1.82, 2.24) is 4.98 Å². The fraction of sp³-hybridized carbons (Fsp3) is 0.150. The average Bonchev–Trinajstić information content (AvgIpc) is 2.72. The summed E-state index contributed by atoms with van der Waals surface area (Å²) in [6, 6.07) is 14.8. The van der Waals surface area contributed by atoms with Gasteiger partial charge in [-0.25, -0.2) is 17.7 Å². The van der Waals surface area contributed by atoms with Gasteiger partial charge in [0.2, 0.25) is 0 Å². The van der Waals surface area contributed by atoms with Crippen LogP contribution in [-0.2, 0) is 22.7 Å². The molecule has 5 nitrogen and oxygen atoms in total. The van der Waals surface area contributed by atoms with Gasteiger partial charge in [0.25, 0.3) is 10.0 Å². The third-order valence-electron chi connectivity index (χ3n) is 4.18. The molecule has 0 amide bonds. The van der Waals surface area contributed by atoms with E-state index in [1.54, 1.807) is 42.5 Å². The molecule has 30 heavy (non-hydrogen) atoms. The molecule has 0 N–H and O–H groups in total. The number of aromatic nitrogens is 1. The van der Waals surface area contributed by atoms with E-state index in [1.807, 2.05) is 0 Å². The number of nitrogens with zero attached hydrogens (tertiary/aromatic N) is 2. The van der Waals surface area contributed by atoms with Crippen molar-refractivity contribution in [3.8, 4) is 5.75 Å². The van der Waals surface area contributed by atoms with Crippen LogP contribution >= 0.6 is 11.6 Å². The fourth-order valence-electron chi connectivity index (χ4n) is 2.70. The summed E-state index contributed by atoms with van der Waals surface area (Å²) in [7, 11) is -2.71. The van der Waals surface area contributed by atoms with Crippen molar-refractivity contribution in [3.05, 3.63) is 83.0 Å². The Morgan fingerprint density at radius 2 is 1.77 bits per heavy atom. The molecule has 10 heteroatoms. The lowest BCUT2D eigenvalue weighted by molar-refractivity contribution is -0.137. The third kappa shape index (κ3) is 4.68. The molecule has 0 unspecified atom stereocenters. The van der Waals surface area contributed by atoms with Crippen molar-refractivity contribution in [2.45, 2.75) is 17.6 Å². The summed E-state index contributed by atoms with van der Waals surface area (Å²) in [5, 5.41) is -0.438. The van der Waals surface area contributed by atoms with Crippen LogP contribution < -0.4 is 9.04 Å². The average molecular weight is 457 g/mol. The molecule has 0 spiro atoms. The van der Waals surface area contributed by atoms with Crippen LogP contribution in [0.2, 0.25) is 5.02 Å². The first-order valence-corrected chi connectivity index (χ1v) is 10.4. The molecular formula is C20H16ClF3N2O3S. The second-order valence-electron chi connectivity index (χ2n) is 6.20. The lowest BCUT2D eigenvalue weighted by atomic mass is 10.2. The van der Waals surface area contributed by atoms with Gasteiger partial charge in [0.05, 0.1) is 29.1 Å². The van der Waals surface area contributed by atoms with Gasteiger partial charge in [0.15, 0.2) is 5.82 Å². The molecule has 0 aliphatic rings. The molecule has 0 atom stereocenters. The van der Waals surface area contributed by atoms with Gasteiger partial charge in [0.1, 0.15) is 5.75 Å². The molecule has 0 aliphatic heterocycles. The minimum atomic E-state index is -4.66. The van der Waals surface area contributed by atoms with Gasteiger partial charge in [0, 0.05) is 6.20 Å². The first-order chi connectivity index (χ1) is 14.1. The number of anilines is 1. The predicted octanol–water partition coefficient (Wildman–Crippen LogP) is 5.16. The number of alkyl halides is 3. The maximum atomic E-state index is 13.3. The number of hydrogen-bond donors (Lipinski definition) is 0. The van der Waals surface area contributed by atoms with Gasteiger partial charge in [-0.15, -0.1) is 0 Å². The summed E-state index contributed by atoms with van der Waals surface area (Å²) >= 11 is 6.06. The molecule has 0 saturated heterocycles. The molecule has 0 radical (unpaired) electrons. The highest BCUT2D eigenvalue weighted by Gasteiger charge is 2.34. The van der Waals surface area contributed by atoms with E-state index in [0.29, 0.717) is 23.6 Å². The van der Waals surface area contributed by atoms with Gasteiger partial charge < -0.3 is 4.74 Å². The van der Waals surface area contributed by atoms with E-state index < -0.39 is 26.8 Å². The third-order valence-corrected chi connectivity index (χ3v) is 6.21. The zero-order valence-electron chi connectivity index (χ0n) is 15.6. The fourth-order valence-corrected chi connectivity index (χ4v) is 4.47. The molecule has 0 saturated carbocycles. The Morgan fingerprint density at radius 3 is 2.37 bits per heavy atom. The lowest BCUT2D eigenvalue weighted by Gasteiger charge is -2.25. The van der Waals surface area contributed by atoms with Crippen molar-refractivity contribution in [1.29, 1.82) is 0 Å². The standard InChI is InChI=1S/C20H16ClF3N2O3S/c1-29-16-7-5-6-14(10-16)13-26(30(27,28)17-8-3-2-4-9-17)19-18(21)11-15(12-25-19)20(22,23)24/h2-12H,13H2,1H3. The highest BCUT2D eigenvalue weighted by atomic mass is 35.5. The molecule has 0 aliphatic carbocycles. The SMILES string of the molecule is COc1cccc(CN(c2ncc(C(F)(F)F)cc2Cl)S(=O)(=O)c2ccccc2)c1. The van der Waals surface area contributed by atoms with E-state index in [1.165, 1.54) is 19.2 Å². The molecule has 2 aromatic carbocycles. The minimum absolute atomic E-state index is 0.0503. The molecule has 0 fully saturated rings. The molecular weight excluding hydrogens is 441 g/mol. The predicted molar refractivity (Wildman–Crippen MR) is 107 cm³/mol. The van der Waals surface area contributed by atoms with Crippen LogP contribution in [0.25, 0.3) is 0 Å². The number of halogens is 4. The summed E-state index contributed by atoms with van der Waals surface area (Å²) in [6.45, 7) is -0.216. The van der Waals surface area contributed by atoms with Gasteiger partial charge in [-0.1, -0.05) is 41.9 Å². The van der Waals surface area contributed by atoms with Crippen LogP contribution in [0, 0.1) is 0 Å². The van der Waals surface area contributed by atoms with E-state index in [0.717, 1.165) is 4.31 Å². The van der Waals surface area contributed by atoms with E-state index in [-0.39, 0.29) is 17.3 Å². The Balaban J connectivity index is 2.12. The monoisotopic (exact) mass is 456 g/mol. The van der Waals surface area contributed by atoms with Crippen LogP contribution in [0.3, 0.4) is 0 Å². The van der Waals surface area contributed by atoms with Crippen LogP contribution in [0.1, 0.15) is 11.1 Å². The first-order valence-electron chi connectivity index (χ1n) is 8.56. The molecule has 0 bridgehead atoms. The Labute approximate surface area is 176 Å². The first kappa shape index (κ1) is 21.9. The Bertz CT molecular complexity index is 1140. The summed E-state index contributed by atoms with van der Waals surface area (Å²) in [4.78, 5) is 3.69. The summed E-state index contributed by atoms with van der Waals surface area (Å²) < 4.78 is 71.6. The van der Waals surface area contributed by atoms with Crippen molar-refractivity contribution >= 4 is 27.4 Å². The molecule has 3 aromatic rings. The quantitative estimate of drug-likeness (QED) is 0.514. The van der Waals surface area contributed by atoms with Crippen LogP contribution in [0.15, 0.2) is 71.8 Å². The second-order valence-corrected chi connectivity index (χ2v) is 8.47.